The molecule has 0 bridgehead atoms. The molecule has 0 heterocycles. The number of carbonyl (C=O) groups is 7. The van der Waals surface area contributed by atoms with Gasteiger partial charge in [0.2, 0.25) is 23.6 Å². The lowest BCUT2D eigenvalue weighted by molar-refractivity contribution is -0.192. The largest absolute Gasteiger partial charge is 0.490 e. The van der Waals surface area contributed by atoms with Gasteiger partial charge < -0.3 is 62.8 Å². The zero-order valence-corrected chi connectivity index (χ0v) is 34.6. The molecule has 0 spiro atoms. The second-order valence-electron chi connectivity index (χ2n) is 15.3. The van der Waals surface area contributed by atoms with Crippen LogP contribution in [0, 0.1) is 23.2 Å². The number of hydrogen-bond donors (Lipinski definition) is 12. The Morgan fingerprint density at radius 2 is 1.21 bits per heavy atom. The molecule has 0 radical (unpaired) electrons. The van der Waals surface area contributed by atoms with E-state index in [2.05, 4.69) is 31.9 Å². The number of alkyl carbamates (subject to hydrolysis) is 1. The summed E-state index contributed by atoms with van der Waals surface area (Å²) in [6, 6.07) is -6.90. The van der Waals surface area contributed by atoms with Crippen LogP contribution >= 0.6 is 0 Å². The summed E-state index contributed by atoms with van der Waals surface area (Å²) in [5, 5.41) is 59.7. The van der Waals surface area contributed by atoms with Crippen molar-refractivity contribution >= 4 is 47.6 Å². The quantitative estimate of drug-likeness (QED) is 0.0420. The Morgan fingerprint density at radius 1 is 0.741 bits per heavy atom. The first kappa shape index (κ1) is 55.2. The Hall–Kier alpha value is -4.93. The molecule has 1 unspecified atom stereocenters. The number of aliphatic hydroxyl groups is 2. The summed E-state index contributed by atoms with van der Waals surface area (Å²) in [7, 11) is 0. The van der Waals surface area contributed by atoms with E-state index in [0.717, 1.165) is 0 Å². The predicted molar refractivity (Wildman–Crippen MR) is 203 cm³/mol. The van der Waals surface area contributed by atoms with Crippen LogP contribution in [0.4, 0.5) is 18.0 Å². The van der Waals surface area contributed by atoms with Crippen LogP contribution in [0.2, 0.25) is 0 Å². The van der Waals surface area contributed by atoms with Gasteiger partial charge in [-0.15, -0.1) is 0 Å². The summed E-state index contributed by atoms with van der Waals surface area (Å²) in [5.41, 5.74) is 4.47. The molecular weight excluding hydrogens is 781 g/mol. The van der Waals surface area contributed by atoms with Gasteiger partial charge >= 0.3 is 24.2 Å². The first-order valence-electron chi connectivity index (χ1n) is 18.5. The Kier molecular flexibility index (Phi) is 24.2. The number of alkyl halides is 3. The number of hydrogen-bond acceptors (Lipinski definition) is 11. The molecule has 5 amide bonds. The van der Waals surface area contributed by atoms with Gasteiger partial charge in [0.05, 0.1) is 12.2 Å². The maximum atomic E-state index is 13.8. The fourth-order valence-electron chi connectivity index (χ4n) is 4.75. The van der Waals surface area contributed by atoms with E-state index in [4.69, 9.17) is 25.8 Å². The Bertz CT molecular complexity index is 1390. The number of carbonyl (C=O) groups excluding carboxylic acids is 5. The van der Waals surface area contributed by atoms with Crippen LogP contribution in [-0.2, 0) is 33.5 Å². The van der Waals surface area contributed by atoms with Crippen LogP contribution in [-0.4, -0.2) is 129 Å². The summed E-state index contributed by atoms with van der Waals surface area (Å²) >= 11 is 0. The molecule has 20 nitrogen and oxygen atoms in total. The lowest BCUT2D eigenvalue weighted by atomic mass is 9.96. The van der Waals surface area contributed by atoms with Gasteiger partial charge in [0.25, 0.3) is 0 Å². The number of amides is 5. The van der Waals surface area contributed by atoms with Crippen molar-refractivity contribution in [3.05, 3.63) is 0 Å². The number of guanidine groups is 1. The minimum atomic E-state index is -5.08. The SMILES string of the molecule is CCC(C)[C@H](NC(=O)[C@@H](CCCNC(=N)N)NC(=O)[C@H](CC(C)C)NC(=O)[C@@H](NC(=O)OC(C)(C)C)[C@H](O)C(C)C)C(=O)N[C@H](C(=O)O)[C@H](C)O.O=C(O)C(F)(F)F. The minimum Gasteiger partial charge on any atom is -0.480 e. The maximum Gasteiger partial charge on any atom is 0.490 e. The van der Waals surface area contributed by atoms with E-state index >= 15 is 0 Å². The van der Waals surface area contributed by atoms with Crippen molar-refractivity contribution in [3.8, 4) is 0 Å². The van der Waals surface area contributed by atoms with Crippen molar-refractivity contribution in [2.24, 2.45) is 23.5 Å². The van der Waals surface area contributed by atoms with E-state index in [0.29, 0.717) is 6.42 Å². The van der Waals surface area contributed by atoms with Crippen LogP contribution in [0.3, 0.4) is 0 Å². The van der Waals surface area contributed by atoms with E-state index in [1.165, 1.54) is 6.92 Å². The number of aliphatic carboxylic acids is 2. The number of carboxylic acid groups (broad SMARTS) is 2. The molecule has 58 heavy (non-hydrogen) atoms. The Labute approximate surface area is 335 Å². The molecule has 0 aromatic carbocycles. The summed E-state index contributed by atoms with van der Waals surface area (Å²) in [6.07, 6.45) is -8.11. The predicted octanol–water partition coefficient (Wildman–Crippen LogP) is 0.290. The van der Waals surface area contributed by atoms with Crippen molar-refractivity contribution in [2.45, 2.75) is 149 Å². The molecule has 336 valence electrons. The molecule has 0 aromatic rings. The topological polar surface area (TPSA) is 332 Å². The summed E-state index contributed by atoms with van der Waals surface area (Å²) in [5.74, 6) is -8.94. The van der Waals surface area contributed by atoms with Crippen LogP contribution in [0.15, 0.2) is 0 Å². The van der Waals surface area contributed by atoms with Gasteiger partial charge in [-0.3, -0.25) is 24.6 Å². The van der Waals surface area contributed by atoms with Gasteiger partial charge in [0.1, 0.15) is 29.8 Å². The third-order valence-corrected chi connectivity index (χ3v) is 8.02. The second kappa shape index (κ2) is 25.4. The third kappa shape index (κ3) is 22.7. The van der Waals surface area contributed by atoms with Crippen molar-refractivity contribution in [2.75, 3.05) is 6.54 Å². The molecule has 8 atom stereocenters. The molecule has 0 aromatic heterocycles. The molecule has 0 fully saturated rings. The highest BCUT2D eigenvalue weighted by atomic mass is 19.4. The zero-order valence-electron chi connectivity index (χ0n) is 34.6. The van der Waals surface area contributed by atoms with Crippen molar-refractivity contribution in [3.63, 3.8) is 0 Å². The van der Waals surface area contributed by atoms with E-state index in [9.17, 15) is 57.3 Å². The molecule has 0 rings (SSSR count). The van der Waals surface area contributed by atoms with E-state index < -0.39 is 108 Å². The van der Waals surface area contributed by atoms with Crippen LogP contribution in [0.5, 0.6) is 0 Å². The average molecular weight is 845 g/mol. The standard InChI is InChI=1S/C33H62N8O10.C2HF3O2/c1-11-18(6)22(28(46)40-23(19(7)42)30(48)49)39-26(44)20(13-12-14-36-31(34)35)37-27(45)21(15-16(2)3)38-29(47)24(25(43)17(4)5)41-32(50)51-33(8,9)10;3-2(4,5)1(6)7/h16-25,42-43H,11-15H2,1-10H3,(H,37,45)(H,38,47)(H,39,44)(H,40,46)(H,41,50)(H,48,49)(H4,34,35,36);(H,6,7)/t18?,19-,20+,21-,22-,23-,24-,25+;/m0./s1. The van der Waals surface area contributed by atoms with Crippen LogP contribution < -0.4 is 37.6 Å². The van der Waals surface area contributed by atoms with Crippen molar-refractivity contribution < 1.29 is 71.9 Å². The van der Waals surface area contributed by atoms with Crippen LogP contribution in [0.1, 0.15) is 94.9 Å². The monoisotopic (exact) mass is 844 g/mol. The Morgan fingerprint density at radius 3 is 1.60 bits per heavy atom. The Balaban J connectivity index is 0. The van der Waals surface area contributed by atoms with Gasteiger partial charge in [-0.1, -0.05) is 48.0 Å². The van der Waals surface area contributed by atoms with Gasteiger partial charge in [-0.2, -0.15) is 13.2 Å². The fraction of sp³-hybridized carbons (Fsp3) is 0.771. The molecule has 0 aliphatic carbocycles. The molecule has 13 N–H and O–H groups in total. The number of nitrogens with one attached hydrogen (secondary N) is 7. The molecule has 0 aliphatic rings. The van der Waals surface area contributed by atoms with Crippen molar-refractivity contribution in [1.29, 1.82) is 5.41 Å². The first-order chi connectivity index (χ1) is 26.4. The summed E-state index contributed by atoms with van der Waals surface area (Å²) in [6.45, 7) is 16.6. The lowest BCUT2D eigenvalue weighted by Gasteiger charge is -2.31. The highest BCUT2D eigenvalue weighted by Gasteiger charge is 2.39. The summed E-state index contributed by atoms with van der Waals surface area (Å²) < 4.78 is 37.0. The molecule has 0 saturated heterocycles. The summed E-state index contributed by atoms with van der Waals surface area (Å²) in [4.78, 5) is 87.4. The van der Waals surface area contributed by atoms with E-state index in [1.54, 1.807) is 62.3 Å². The number of nitrogens with two attached hydrogens (primary N) is 1. The number of rotatable bonds is 21. The number of carboxylic acids is 2. The highest BCUT2D eigenvalue weighted by Crippen LogP contribution is 2.15. The minimum absolute atomic E-state index is 0.00461. The smallest absolute Gasteiger partial charge is 0.480 e. The van der Waals surface area contributed by atoms with E-state index in [-0.39, 0.29) is 37.7 Å². The number of ether oxygens (including phenoxy) is 1. The van der Waals surface area contributed by atoms with Crippen molar-refractivity contribution in [1.82, 2.24) is 31.9 Å². The third-order valence-electron chi connectivity index (χ3n) is 8.02. The first-order valence-corrected chi connectivity index (χ1v) is 18.5. The second-order valence-corrected chi connectivity index (χ2v) is 15.3. The lowest BCUT2D eigenvalue weighted by Crippen LogP contribution is -2.61. The molecule has 0 aliphatic heterocycles. The number of halogens is 3. The molecular formula is C35H63F3N8O12. The maximum absolute atomic E-state index is 13.8. The van der Waals surface area contributed by atoms with Gasteiger partial charge in [0, 0.05) is 6.54 Å². The van der Waals surface area contributed by atoms with E-state index in [1.807, 2.05) is 0 Å². The number of aliphatic hydroxyl groups excluding tert-OH is 2. The molecule has 0 saturated carbocycles. The van der Waals surface area contributed by atoms with Gasteiger partial charge in [-0.25, -0.2) is 14.4 Å². The molecule has 23 heteroatoms. The fourth-order valence-corrected chi connectivity index (χ4v) is 4.75. The normalized spacial score (nSPS) is 15.7. The van der Waals surface area contributed by atoms with Crippen LogP contribution in [0.25, 0.3) is 0 Å². The average Bonchev–Trinajstić information content (AvgIpc) is 3.06. The highest BCUT2D eigenvalue weighted by molar-refractivity contribution is 5.96. The van der Waals surface area contributed by atoms with Gasteiger partial charge in [-0.05, 0) is 64.7 Å². The zero-order chi connectivity index (χ0) is 45.9. The van der Waals surface area contributed by atoms with Gasteiger partial charge in [0.15, 0.2) is 12.0 Å².